The van der Waals surface area contributed by atoms with E-state index in [1.165, 1.54) is 0 Å². The molecule has 0 aliphatic heterocycles. The van der Waals surface area contributed by atoms with Crippen LogP contribution >= 0.6 is 11.8 Å². The Labute approximate surface area is 96.2 Å². The molecule has 1 rings (SSSR count). The van der Waals surface area contributed by atoms with Crippen molar-refractivity contribution < 1.29 is 0 Å². The molecule has 2 nitrogen and oxygen atoms in total. The quantitative estimate of drug-likeness (QED) is 0.783. The van der Waals surface area contributed by atoms with Crippen molar-refractivity contribution in [2.45, 2.75) is 33.1 Å². The fraction of sp³-hybridized carbons (Fsp3) is 0.500. The van der Waals surface area contributed by atoms with Gasteiger partial charge in [-0.2, -0.15) is 0 Å². The van der Waals surface area contributed by atoms with Crippen molar-refractivity contribution in [2.75, 3.05) is 5.75 Å². The summed E-state index contributed by atoms with van der Waals surface area (Å²) in [6.07, 6.45) is 3.78. The molecule has 0 bridgehead atoms. The minimum atomic E-state index is 0.0867. The zero-order valence-electron chi connectivity index (χ0n) is 9.82. The zero-order valence-corrected chi connectivity index (χ0v) is 10.6. The molecule has 0 unspecified atom stereocenters. The average Bonchev–Trinajstić information content (AvgIpc) is 2.17. The van der Waals surface area contributed by atoms with E-state index in [-0.39, 0.29) is 5.41 Å². The standard InChI is InChI=1S/C12H18N2S/c1-5-15-9-7-11-13-8-6-10(14-11)12(2,3)4/h6-9H,5H2,1-4H3/b9-7+. The third-order valence-corrected chi connectivity index (χ3v) is 2.58. The van der Waals surface area contributed by atoms with Gasteiger partial charge in [0.15, 0.2) is 5.82 Å². The van der Waals surface area contributed by atoms with Crippen molar-refractivity contribution in [3.63, 3.8) is 0 Å². The van der Waals surface area contributed by atoms with Crippen LogP contribution in [0.3, 0.4) is 0 Å². The topological polar surface area (TPSA) is 25.8 Å². The molecule has 0 aliphatic carbocycles. The summed E-state index contributed by atoms with van der Waals surface area (Å²) >= 11 is 1.76. The molecule has 1 heterocycles. The summed E-state index contributed by atoms with van der Waals surface area (Å²) in [6.45, 7) is 8.60. The molecule has 0 spiro atoms. The summed E-state index contributed by atoms with van der Waals surface area (Å²) in [5.74, 6) is 1.87. The van der Waals surface area contributed by atoms with Gasteiger partial charge < -0.3 is 0 Å². The molecule has 15 heavy (non-hydrogen) atoms. The summed E-state index contributed by atoms with van der Waals surface area (Å²) in [6, 6.07) is 1.98. The molecule has 0 aromatic carbocycles. The van der Waals surface area contributed by atoms with E-state index in [1.807, 2.05) is 23.7 Å². The predicted octanol–water partition coefficient (Wildman–Crippen LogP) is 3.50. The smallest absolute Gasteiger partial charge is 0.152 e. The Morgan fingerprint density at radius 2 is 2.13 bits per heavy atom. The van der Waals surface area contributed by atoms with E-state index in [0.717, 1.165) is 17.3 Å². The van der Waals surface area contributed by atoms with Crippen molar-refractivity contribution in [1.29, 1.82) is 0 Å². The fourth-order valence-electron chi connectivity index (χ4n) is 1.08. The van der Waals surface area contributed by atoms with Crippen molar-refractivity contribution in [1.82, 2.24) is 9.97 Å². The Morgan fingerprint density at radius 1 is 1.40 bits per heavy atom. The van der Waals surface area contributed by atoms with Gasteiger partial charge in [0.05, 0.1) is 0 Å². The molecular weight excluding hydrogens is 204 g/mol. The van der Waals surface area contributed by atoms with Crippen molar-refractivity contribution in [3.8, 4) is 0 Å². The lowest BCUT2D eigenvalue weighted by molar-refractivity contribution is 0.566. The summed E-state index contributed by atoms with van der Waals surface area (Å²) < 4.78 is 0. The largest absolute Gasteiger partial charge is 0.237 e. The van der Waals surface area contributed by atoms with Gasteiger partial charge in [-0.3, -0.25) is 0 Å². The van der Waals surface area contributed by atoms with E-state index in [9.17, 15) is 0 Å². The minimum Gasteiger partial charge on any atom is -0.237 e. The van der Waals surface area contributed by atoms with Crippen LogP contribution in [0.2, 0.25) is 0 Å². The summed E-state index contributed by atoms with van der Waals surface area (Å²) in [4.78, 5) is 8.72. The van der Waals surface area contributed by atoms with Gasteiger partial charge in [-0.15, -0.1) is 11.8 Å². The SMILES string of the molecule is CCS/C=C/c1nccc(C(C)(C)C)n1. The Kier molecular flexibility index (Phi) is 4.33. The molecule has 0 radical (unpaired) electrons. The van der Waals surface area contributed by atoms with Crippen molar-refractivity contribution >= 4 is 17.8 Å². The van der Waals surface area contributed by atoms with Crippen LogP contribution in [0.15, 0.2) is 17.7 Å². The van der Waals surface area contributed by atoms with E-state index >= 15 is 0 Å². The lowest BCUT2D eigenvalue weighted by Gasteiger charge is -2.17. The highest BCUT2D eigenvalue weighted by Crippen LogP contribution is 2.19. The molecule has 0 aliphatic rings. The Hall–Kier alpha value is -0.830. The van der Waals surface area contributed by atoms with E-state index in [2.05, 4.69) is 37.7 Å². The highest BCUT2D eigenvalue weighted by molar-refractivity contribution is 8.02. The van der Waals surface area contributed by atoms with Gasteiger partial charge in [0.25, 0.3) is 0 Å². The molecule has 82 valence electrons. The second-order valence-electron chi connectivity index (χ2n) is 4.31. The van der Waals surface area contributed by atoms with Gasteiger partial charge >= 0.3 is 0 Å². The summed E-state index contributed by atoms with van der Waals surface area (Å²) in [5.41, 5.74) is 1.17. The number of thioether (sulfide) groups is 1. The lowest BCUT2D eigenvalue weighted by atomic mass is 9.92. The summed E-state index contributed by atoms with van der Waals surface area (Å²) in [5, 5.41) is 2.04. The van der Waals surface area contributed by atoms with Gasteiger partial charge in [0, 0.05) is 17.3 Å². The molecule has 1 aromatic rings. The van der Waals surface area contributed by atoms with E-state index in [0.29, 0.717) is 0 Å². The van der Waals surface area contributed by atoms with Crippen LogP contribution in [-0.2, 0) is 5.41 Å². The second-order valence-corrected chi connectivity index (χ2v) is 5.49. The lowest BCUT2D eigenvalue weighted by Crippen LogP contribution is -2.14. The van der Waals surface area contributed by atoms with Crippen LogP contribution in [0.25, 0.3) is 6.08 Å². The monoisotopic (exact) mass is 222 g/mol. The normalized spacial score (nSPS) is 12.3. The molecule has 0 saturated carbocycles. The molecular formula is C12H18N2S. The maximum Gasteiger partial charge on any atom is 0.152 e. The number of hydrogen-bond acceptors (Lipinski definition) is 3. The van der Waals surface area contributed by atoms with Gasteiger partial charge in [0.2, 0.25) is 0 Å². The van der Waals surface area contributed by atoms with Crippen LogP contribution in [-0.4, -0.2) is 15.7 Å². The van der Waals surface area contributed by atoms with Gasteiger partial charge in [-0.05, 0) is 23.3 Å². The second kappa shape index (κ2) is 5.31. The minimum absolute atomic E-state index is 0.0867. The van der Waals surface area contributed by atoms with Gasteiger partial charge in [-0.25, -0.2) is 9.97 Å². The molecule has 0 atom stereocenters. The number of rotatable bonds is 3. The van der Waals surface area contributed by atoms with E-state index in [1.54, 1.807) is 11.8 Å². The third-order valence-electron chi connectivity index (χ3n) is 1.92. The Morgan fingerprint density at radius 3 is 2.73 bits per heavy atom. The third kappa shape index (κ3) is 4.04. The van der Waals surface area contributed by atoms with Crippen LogP contribution in [0, 0.1) is 0 Å². The number of aromatic nitrogens is 2. The predicted molar refractivity (Wildman–Crippen MR) is 67.9 cm³/mol. The fourth-order valence-corrected chi connectivity index (χ4v) is 1.49. The average molecular weight is 222 g/mol. The maximum atomic E-state index is 4.50. The first-order valence-corrected chi connectivity index (χ1v) is 6.20. The molecule has 0 N–H and O–H groups in total. The highest BCUT2D eigenvalue weighted by Gasteiger charge is 2.15. The van der Waals surface area contributed by atoms with E-state index in [4.69, 9.17) is 0 Å². The van der Waals surface area contributed by atoms with Crippen LogP contribution in [0.1, 0.15) is 39.2 Å². The number of hydrogen-bond donors (Lipinski definition) is 0. The zero-order chi connectivity index (χ0) is 11.3. The first kappa shape index (κ1) is 12.2. The van der Waals surface area contributed by atoms with Crippen molar-refractivity contribution in [3.05, 3.63) is 29.2 Å². The molecule has 1 aromatic heterocycles. The molecule has 0 saturated heterocycles. The summed E-state index contributed by atoms with van der Waals surface area (Å²) in [7, 11) is 0. The van der Waals surface area contributed by atoms with Gasteiger partial charge in [0.1, 0.15) is 0 Å². The Bertz CT molecular complexity index is 340. The van der Waals surface area contributed by atoms with Crippen molar-refractivity contribution in [2.24, 2.45) is 0 Å². The Balaban J connectivity index is 2.84. The van der Waals surface area contributed by atoms with Crippen LogP contribution in [0.4, 0.5) is 0 Å². The van der Waals surface area contributed by atoms with Crippen LogP contribution < -0.4 is 0 Å². The molecule has 0 amide bonds. The number of nitrogens with zero attached hydrogens (tertiary/aromatic N) is 2. The molecule has 0 fully saturated rings. The maximum absolute atomic E-state index is 4.50. The van der Waals surface area contributed by atoms with E-state index < -0.39 is 0 Å². The molecule has 3 heteroatoms. The first-order chi connectivity index (χ1) is 7.04. The van der Waals surface area contributed by atoms with Gasteiger partial charge in [-0.1, -0.05) is 27.7 Å². The first-order valence-electron chi connectivity index (χ1n) is 5.15. The van der Waals surface area contributed by atoms with Crippen LogP contribution in [0.5, 0.6) is 0 Å². The highest BCUT2D eigenvalue weighted by atomic mass is 32.2.